The fraction of sp³-hybridized carbons (Fsp3) is 0.154. The maximum atomic E-state index is 12.7. The molecule has 0 fully saturated rings. The summed E-state index contributed by atoms with van der Waals surface area (Å²) in [6.45, 7) is 1.65. The smallest absolute Gasteiger partial charge is 0.324 e. The third-order valence-corrected chi connectivity index (χ3v) is 2.67. The topological polar surface area (TPSA) is 61.6 Å². The van der Waals surface area contributed by atoms with Crippen LogP contribution in [0, 0.1) is 18.3 Å². The molecule has 0 amide bonds. The Morgan fingerprint density at radius 3 is 2.52 bits per heavy atom. The number of alkyl halides is 3. The number of nitriles is 1. The first kappa shape index (κ1) is 15.1. The molecule has 0 saturated carbocycles. The van der Waals surface area contributed by atoms with Crippen molar-refractivity contribution in [1.29, 1.82) is 5.26 Å². The third kappa shape index (κ3) is 3.83. The molecule has 0 saturated heterocycles. The van der Waals surface area contributed by atoms with Gasteiger partial charge in [0.05, 0.1) is 5.56 Å². The fourth-order valence-electron chi connectivity index (χ4n) is 1.64. The van der Waals surface area contributed by atoms with Crippen LogP contribution in [0.15, 0.2) is 24.3 Å². The molecule has 0 atom stereocenters. The van der Waals surface area contributed by atoms with Gasteiger partial charge >= 0.3 is 6.18 Å². The minimum absolute atomic E-state index is 0.0296. The molecule has 108 valence electrons. The zero-order valence-electron chi connectivity index (χ0n) is 10.7. The highest BCUT2D eigenvalue weighted by Crippen LogP contribution is 2.33. The summed E-state index contributed by atoms with van der Waals surface area (Å²) in [7, 11) is 0. The molecule has 0 radical (unpaired) electrons. The van der Waals surface area contributed by atoms with E-state index in [-0.39, 0.29) is 22.4 Å². The molecule has 21 heavy (non-hydrogen) atoms. The van der Waals surface area contributed by atoms with Gasteiger partial charge in [-0.05, 0) is 31.2 Å². The van der Waals surface area contributed by atoms with Crippen LogP contribution in [-0.2, 0) is 6.18 Å². The average Bonchev–Trinajstić information content (AvgIpc) is 2.36. The number of rotatable bonds is 2. The van der Waals surface area contributed by atoms with Gasteiger partial charge in [0.25, 0.3) is 0 Å². The number of nitrogens with zero attached hydrogens (tertiary/aromatic N) is 3. The highest BCUT2D eigenvalue weighted by atomic mass is 35.5. The van der Waals surface area contributed by atoms with Gasteiger partial charge in [-0.2, -0.15) is 18.4 Å². The molecule has 0 bridgehead atoms. The number of aromatic nitrogens is 2. The Bertz CT molecular complexity index is 722. The lowest BCUT2D eigenvalue weighted by atomic mass is 10.2. The highest BCUT2D eigenvalue weighted by molar-refractivity contribution is 6.31. The Balaban J connectivity index is 2.38. The first-order valence-corrected chi connectivity index (χ1v) is 6.06. The molecule has 0 aliphatic heterocycles. The van der Waals surface area contributed by atoms with E-state index >= 15 is 0 Å². The standard InChI is InChI=1S/C13H8ClF3N4/c1-7-2-11(6-18)21-12(19-7)20-10-4-8(13(15,16)17)3-9(14)5-10/h2-5H,1H3,(H,19,20,21). The molecule has 0 aliphatic carbocycles. The van der Waals surface area contributed by atoms with E-state index < -0.39 is 11.7 Å². The maximum Gasteiger partial charge on any atom is 0.416 e. The van der Waals surface area contributed by atoms with Gasteiger partial charge in [0.15, 0.2) is 0 Å². The predicted octanol–water partition coefficient (Wildman–Crippen LogP) is 4.07. The summed E-state index contributed by atoms with van der Waals surface area (Å²) in [5.41, 5.74) is -0.167. The van der Waals surface area contributed by atoms with Crippen molar-refractivity contribution in [1.82, 2.24) is 9.97 Å². The van der Waals surface area contributed by atoms with Crippen LogP contribution in [0.2, 0.25) is 5.02 Å². The van der Waals surface area contributed by atoms with Crippen LogP contribution < -0.4 is 5.32 Å². The van der Waals surface area contributed by atoms with Crippen LogP contribution in [0.5, 0.6) is 0 Å². The molecule has 1 aromatic carbocycles. The minimum atomic E-state index is -4.51. The lowest BCUT2D eigenvalue weighted by Gasteiger charge is -2.11. The summed E-state index contributed by atoms with van der Waals surface area (Å²) < 4.78 is 38.1. The van der Waals surface area contributed by atoms with Crippen molar-refractivity contribution in [3.63, 3.8) is 0 Å². The molecule has 4 nitrogen and oxygen atoms in total. The number of aryl methyl sites for hydroxylation is 1. The Labute approximate surface area is 123 Å². The predicted molar refractivity (Wildman–Crippen MR) is 71.2 cm³/mol. The molecule has 1 heterocycles. The fourth-order valence-corrected chi connectivity index (χ4v) is 1.87. The van der Waals surface area contributed by atoms with Crippen molar-refractivity contribution >= 4 is 23.2 Å². The second kappa shape index (κ2) is 5.58. The summed E-state index contributed by atoms with van der Waals surface area (Å²) in [5, 5.41) is 11.4. The lowest BCUT2D eigenvalue weighted by Crippen LogP contribution is -2.06. The van der Waals surface area contributed by atoms with Crippen molar-refractivity contribution in [3.05, 3.63) is 46.2 Å². The number of hydrogen-bond acceptors (Lipinski definition) is 4. The molecule has 0 unspecified atom stereocenters. The summed E-state index contributed by atoms with van der Waals surface area (Å²) >= 11 is 5.68. The van der Waals surface area contributed by atoms with E-state index in [0.717, 1.165) is 12.1 Å². The summed E-state index contributed by atoms with van der Waals surface area (Å²) in [5.74, 6) is 0.0296. The number of hydrogen-bond donors (Lipinski definition) is 1. The Hall–Kier alpha value is -2.33. The van der Waals surface area contributed by atoms with Gasteiger partial charge in [-0.15, -0.1) is 0 Å². The van der Waals surface area contributed by atoms with E-state index in [0.29, 0.717) is 5.69 Å². The number of anilines is 2. The van der Waals surface area contributed by atoms with E-state index in [1.807, 2.05) is 6.07 Å². The molecule has 0 aliphatic rings. The maximum absolute atomic E-state index is 12.7. The molecule has 1 aromatic heterocycles. The number of nitrogens with one attached hydrogen (secondary N) is 1. The zero-order valence-corrected chi connectivity index (χ0v) is 11.4. The van der Waals surface area contributed by atoms with Gasteiger partial charge in [0, 0.05) is 16.4 Å². The number of benzene rings is 1. The van der Waals surface area contributed by atoms with Crippen LogP contribution >= 0.6 is 11.6 Å². The second-order valence-electron chi connectivity index (χ2n) is 4.18. The Morgan fingerprint density at radius 1 is 1.19 bits per heavy atom. The van der Waals surface area contributed by atoms with Gasteiger partial charge in [0.1, 0.15) is 11.8 Å². The SMILES string of the molecule is Cc1cc(C#N)nc(Nc2cc(Cl)cc(C(F)(F)F)c2)n1. The zero-order chi connectivity index (χ0) is 15.6. The van der Waals surface area contributed by atoms with E-state index in [2.05, 4.69) is 15.3 Å². The van der Waals surface area contributed by atoms with E-state index in [1.165, 1.54) is 12.1 Å². The molecule has 2 aromatic rings. The number of halogens is 4. The van der Waals surface area contributed by atoms with Crippen molar-refractivity contribution in [2.24, 2.45) is 0 Å². The van der Waals surface area contributed by atoms with Gasteiger partial charge in [-0.1, -0.05) is 11.6 Å². The van der Waals surface area contributed by atoms with Crippen LogP contribution in [-0.4, -0.2) is 9.97 Å². The van der Waals surface area contributed by atoms with Crippen LogP contribution in [0.3, 0.4) is 0 Å². The monoisotopic (exact) mass is 312 g/mol. The van der Waals surface area contributed by atoms with E-state index in [1.54, 1.807) is 6.92 Å². The van der Waals surface area contributed by atoms with Gasteiger partial charge < -0.3 is 5.32 Å². The summed E-state index contributed by atoms with van der Waals surface area (Å²) in [6.07, 6.45) is -4.51. The van der Waals surface area contributed by atoms with E-state index in [9.17, 15) is 13.2 Å². The highest BCUT2D eigenvalue weighted by Gasteiger charge is 2.31. The van der Waals surface area contributed by atoms with Crippen molar-refractivity contribution in [2.45, 2.75) is 13.1 Å². The van der Waals surface area contributed by atoms with Gasteiger partial charge in [-0.25, -0.2) is 9.97 Å². The molecule has 2 rings (SSSR count). The molecule has 8 heteroatoms. The van der Waals surface area contributed by atoms with Gasteiger partial charge in [-0.3, -0.25) is 0 Å². The van der Waals surface area contributed by atoms with Crippen molar-refractivity contribution in [3.8, 4) is 6.07 Å². The lowest BCUT2D eigenvalue weighted by molar-refractivity contribution is -0.137. The Kier molecular flexibility index (Phi) is 4.00. The normalized spacial score (nSPS) is 11.0. The summed E-state index contributed by atoms with van der Waals surface area (Å²) in [6, 6.07) is 6.34. The Morgan fingerprint density at radius 2 is 1.90 bits per heavy atom. The van der Waals surface area contributed by atoms with Crippen LogP contribution in [0.1, 0.15) is 17.0 Å². The van der Waals surface area contributed by atoms with Crippen molar-refractivity contribution in [2.75, 3.05) is 5.32 Å². The molecular formula is C13H8ClF3N4. The summed E-state index contributed by atoms with van der Waals surface area (Å²) in [4.78, 5) is 7.86. The quantitative estimate of drug-likeness (QED) is 0.908. The average molecular weight is 313 g/mol. The first-order chi connectivity index (χ1) is 9.77. The third-order valence-electron chi connectivity index (χ3n) is 2.45. The molecule has 0 spiro atoms. The molecule has 1 N–H and O–H groups in total. The molecular weight excluding hydrogens is 305 g/mol. The first-order valence-electron chi connectivity index (χ1n) is 5.68. The minimum Gasteiger partial charge on any atom is -0.324 e. The largest absolute Gasteiger partial charge is 0.416 e. The van der Waals surface area contributed by atoms with Crippen molar-refractivity contribution < 1.29 is 13.2 Å². The second-order valence-corrected chi connectivity index (χ2v) is 4.62. The van der Waals surface area contributed by atoms with E-state index in [4.69, 9.17) is 16.9 Å². The van der Waals surface area contributed by atoms with Crippen LogP contribution in [0.4, 0.5) is 24.8 Å². The van der Waals surface area contributed by atoms with Gasteiger partial charge in [0.2, 0.25) is 5.95 Å². The van der Waals surface area contributed by atoms with Crippen LogP contribution in [0.25, 0.3) is 0 Å².